The molecule has 1 aliphatic rings. The van der Waals surface area contributed by atoms with Gasteiger partial charge >= 0.3 is 0 Å². The predicted octanol–water partition coefficient (Wildman–Crippen LogP) is 3.15. The average Bonchev–Trinajstić information content (AvgIpc) is 2.46. The Morgan fingerprint density at radius 2 is 2.16 bits per heavy atom. The van der Waals surface area contributed by atoms with Gasteiger partial charge in [-0.25, -0.2) is 0 Å². The van der Waals surface area contributed by atoms with Crippen molar-refractivity contribution in [1.82, 2.24) is 5.32 Å². The molecule has 1 aromatic carbocycles. The van der Waals surface area contributed by atoms with E-state index in [0.717, 1.165) is 36.6 Å². The van der Waals surface area contributed by atoms with E-state index < -0.39 is 0 Å². The van der Waals surface area contributed by atoms with Crippen molar-refractivity contribution in [1.29, 1.82) is 5.26 Å². The van der Waals surface area contributed by atoms with Crippen molar-refractivity contribution in [2.45, 2.75) is 19.8 Å². The van der Waals surface area contributed by atoms with Crippen molar-refractivity contribution in [2.75, 3.05) is 31.1 Å². The quantitative estimate of drug-likeness (QED) is 0.925. The molecule has 0 spiro atoms. The Hall–Kier alpha value is -1.05. The van der Waals surface area contributed by atoms with Crippen LogP contribution in [0.15, 0.2) is 22.7 Å². The number of benzene rings is 1. The summed E-state index contributed by atoms with van der Waals surface area (Å²) in [5, 5.41) is 12.4. The fourth-order valence-corrected chi connectivity index (χ4v) is 3.04. The lowest BCUT2D eigenvalue weighted by molar-refractivity contribution is 0.374. The Morgan fingerprint density at radius 1 is 1.42 bits per heavy atom. The van der Waals surface area contributed by atoms with Gasteiger partial charge in [-0.3, -0.25) is 0 Å². The number of halogens is 1. The number of hydrogen-bond acceptors (Lipinski definition) is 3. The van der Waals surface area contributed by atoms with Crippen LogP contribution < -0.4 is 10.2 Å². The van der Waals surface area contributed by atoms with Gasteiger partial charge < -0.3 is 10.2 Å². The second kappa shape index (κ2) is 6.93. The van der Waals surface area contributed by atoms with Crippen molar-refractivity contribution in [3.05, 3.63) is 28.2 Å². The van der Waals surface area contributed by atoms with Crippen LogP contribution in [0.25, 0.3) is 0 Å². The molecule has 0 aromatic heterocycles. The summed E-state index contributed by atoms with van der Waals surface area (Å²) in [6.07, 6.45) is 2.52. The van der Waals surface area contributed by atoms with E-state index in [9.17, 15) is 0 Å². The molecule has 1 N–H and O–H groups in total. The molecule has 0 unspecified atom stereocenters. The van der Waals surface area contributed by atoms with Crippen LogP contribution in [0.4, 0.5) is 5.69 Å². The molecule has 3 nitrogen and oxygen atoms in total. The number of rotatable bonds is 4. The van der Waals surface area contributed by atoms with Crippen LogP contribution in [0.2, 0.25) is 0 Å². The second-order valence-electron chi connectivity index (χ2n) is 5.01. The Labute approximate surface area is 123 Å². The largest absolute Gasteiger partial charge is 0.372 e. The van der Waals surface area contributed by atoms with Crippen molar-refractivity contribution >= 4 is 21.6 Å². The molecule has 1 aliphatic heterocycles. The van der Waals surface area contributed by atoms with Gasteiger partial charge in [-0.05, 0) is 72.9 Å². The monoisotopic (exact) mass is 321 g/mol. The van der Waals surface area contributed by atoms with Gasteiger partial charge in [0.15, 0.2) is 0 Å². The highest BCUT2D eigenvalue weighted by atomic mass is 79.9. The number of nitrogens with one attached hydrogen (secondary N) is 1. The van der Waals surface area contributed by atoms with Crippen molar-refractivity contribution in [3.63, 3.8) is 0 Å². The van der Waals surface area contributed by atoms with E-state index in [1.165, 1.54) is 18.5 Å². The Bertz CT molecular complexity index is 461. The van der Waals surface area contributed by atoms with Gasteiger partial charge in [-0.2, -0.15) is 5.26 Å². The Balaban J connectivity index is 2.08. The average molecular weight is 322 g/mol. The van der Waals surface area contributed by atoms with Gasteiger partial charge in [0, 0.05) is 23.2 Å². The summed E-state index contributed by atoms with van der Waals surface area (Å²) >= 11 is 3.47. The third-order valence-corrected chi connectivity index (χ3v) is 4.41. The smallest absolute Gasteiger partial charge is 0.100 e. The molecule has 1 heterocycles. The molecule has 0 atom stereocenters. The fourth-order valence-electron chi connectivity index (χ4n) is 2.58. The molecule has 19 heavy (non-hydrogen) atoms. The SMILES string of the molecule is CCN(CC1CCNCC1)c1ccc(C#N)c(Br)c1. The zero-order valence-electron chi connectivity index (χ0n) is 11.3. The molecule has 0 bridgehead atoms. The van der Waals surface area contributed by atoms with E-state index in [-0.39, 0.29) is 0 Å². The van der Waals surface area contributed by atoms with Crippen LogP contribution in [-0.2, 0) is 0 Å². The minimum absolute atomic E-state index is 0.696. The zero-order valence-corrected chi connectivity index (χ0v) is 12.9. The topological polar surface area (TPSA) is 39.1 Å². The molecule has 0 aliphatic carbocycles. The number of anilines is 1. The van der Waals surface area contributed by atoms with Crippen LogP contribution in [0, 0.1) is 17.2 Å². The summed E-state index contributed by atoms with van der Waals surface area (Å²) in [5.74, 6) is 0.774. The maximum Gasteiger partial charge on any atom is 0.100 e. The van der Waals surface area contributed by atoms with E-state index in [1.807, 2.05) is 12.1 Å². The highest BCUT2D eigenvalue weighted by Crippen LogP contribution is 2.25. The molecule has 0 saturated carbocycles. The summed E-state index contributed by atoms with van der Waals surface area (Å²) in [7, 11) is 0. The first-order valence-electron chi connectivity index (χ1n) is 6.90. The first-order valence-corrected chi connectivity index (χ1v) is 7.69. The number of piperidine rings is 1. The molecule has 1 aromatic rings. The molecular formula is C15H20BrN3. The van der Waals surface area contributed by atoms with Crippen molar-refractivity contribution < 1.29 is 0 Å². The maximum atomic E-state index is 8.97. The highest BCUT2D eigenvalue weighted by Gasteiger charge is 2.17. The fraction of sp³-hybridized carbons (Fsp3) is 0.533. The van der Waals surface area contributed by atoms with Crippen molar-refractivity contribution in [3.8, 4) is 6.07 Å². The summed E-state index contributed by atoms with van der Waals surface area (Å²) < 4.78 is 0.885. The second-order valence-corrected chi connectivity index (χ2v) is 5.86. The normalized spacial score (nSPS) is 16.1. The minimum atomic E-state index is 0.696. The lowest BCUT2D eigenvalue weighted by Gasteiger charge is -2.31. The molecule has 2 rings (SSSR count). The first-order chi connectivity index (χ1) is 9.24. The third-order valence-electron chi connectivity index (χ3n) is 3.76. The maximum absolute atomic E-state index is 8.97. The van der Waals surface area contributed by atoms with Crippen molar-refractivity contribution in [2.24, 2.45) is 5.92 Å². The number of nitriles is 1. The van der Waals surface area contributed by atoms with Gasteiger partial charge in [-0.15, -0.1) is 0 Å². The van der Waals surface area contributed by atoms with E-state index in [2.05, 4.69) is 45.2 Å². The molecule has 0 amide bonds. The van der Waals surface area contributed by atoms with Gasteiger partial charge in [0.25, 0.3) is 0 Å². The summed E-state index contributed by atoms with van der Waals surface area (Å²) in [5.41, 5.74) is 1.90. The molecule has 1 fully saturated rings. The van der Waals surface area contributed by atoms with Gasteiger partial charge in [0.1, 0.15) is 6.07 Å². The summed E-state index contributed by atoms with van der Waals surface area (Å²) in [4.78, 5) is 2.40. The molecule has 1 saturated heterocycles. The van der Waals surface area contributed by atoms with Crippen LogP contribution in [0.3, 0.4) is 0 Å². The van der Waals surface area contributed by atoms with E-state index >= 15 is 0 Å². The lowest BCUT2D eigenvalue weighted by Crippen LogP contribution is -2.36. The van der Waals surface area contributed by atoms with Gasteiger partial charge in [-0.1, -0.05) is 0 Å². The van der Waals surface area contributed by atoms with Gasteiger partial charge in [0.05, 0.1) is 5.56 Å². The first kappa shape index (κ1) is 14.4. The molecule has 102 valence electrons. The lowest BCUT2D eigenvalue weighted by atomic mass is 9.97. The number of hydrogen-bond donors (Lipinski definition) is 1. The van der Waals surface area contributed by atoms with E-state index in [0.29, 0.717) is 5.56 Å². The van der Waals surface area contributed by atoms with Gasteiger partial charge in [0.2, 0.25) is 0 Å². The standard InChI is InChI=1S/C15H20BrN3/c1-2-19(11-12-5-7-18-8-6-12)14-4-3-13(10-17)15(16)9-14/h3-4,9,12,18H,2,5-8,11H2,1H3. The Kier molecular flexibility index (Phi) is 5.24. The van der Waals surface area contributed by atoms with Crippen LogP contribution >= 0.6 is 15.9 Å². The summed E-state index contributed by atoms with van der Waals surface area (Å²) in [6, 6.07) is 8.19. The molecule has 4 heteroatoms. The van der Waals surface area contributed by atoms with Crippen LogP contribution in [0.5, 0.6) is 0 Å². The molecule has 0 radical (unpaired) electrons. The zero-order chi connectivity index (χ0) is 13.7. The van der Waals surface area contributed by atoms with Crippen LogP contribution in [0.1, 0.15) is 25.3 Å². The molecular weight excluding hydrogens is 302 g/mol. The van der Waals surface area contributed by atoms with Crippen LogP contribution in [-0.4, -0.2) is 26.2 Å². The summed E-state index contributed by atoms with van der Waals surface area (Å²) in [6.45, 7) is 6.57. The minimum Gasteiger partial charge on any atom is -0.372 e. The number of nitrogens with zero attached hydrogens (tertiary/aromatic N) is 2. The van der Waals surface area contributed by atoms with E-state index in [1.54, 1.807) is 0 Å². The third kappa shape index (κ3) is 3.71. The Morgan fingerprint density at radius 3 is 2.74 bits per heavy atom. The predicted molar refractivity (Wildman–Crippen MR) is 82.3 cm³/mol. The van der Waals surface area contributed by atoms with E-state index in [4.69, 9.17) is 5.26 Å². The highest BCUT2D eigenvalue weighted by molar-refractivity contribution is 9.10.